The van der Waals surface area contributed by atoms with Gasteiger partial charge in [-0.1, -0.05) is 189 Å². The predicted octanol–water partition coefficient (Wildman–Crippen LogP) is 19.2. The van der Waals surface area contributed by atoms with E-state index >= 15 is 0 Å². The average molecular weight is 974 g/mol. The minimum Gasteiger partial charge on any atom is -0.310 e. The minimum absolute atomic E-state index is 0.391. The second-order valence-electron chi connectivity index (χ2n) is 18.5. The van der Waals surface area contributed by atoms with E-state index in [0.29, 0.717) is 0 Å². The van der Waals surface area contributed by atoms with Gasteiger partial charge in [0.25, 0.3) is 0 Å². The van der Waals surface area contributed by atoms with E-state index in [9.17, 15) is 4.39 Å². The summed E-state index contributed by atoms with van der Waals surface area (Å²) in [6, 6.07) is 86.1. The molecule has 4 heteroatoms. The van der Waals surface area contributed by atoms with E-state index in [2.05, 4.69) is 270 Å². The van der Waals surface area contributed by atoms with Crippen molar-refractivity contribution in [2.75, 3.05) is 9.80 Å². The van der Waals surface area contributed by atoms with Gasteiger partial charge in [0.2, 0.25) is 0 Å². The topological polar surface area (TPSA) is 11.4 Å². The molecule has 0 atom stereocenters. The van der Waals surface area contributed by atoms with E-state index < -0.39 is 5.83 Å². The second kappa shape index (κ2) is 23.1. The van der Waals surface area contributed by atoms with Gasteiger partial charge in [-0.2, -0.15) is 0 Å². The number of hydrogen-bond donors (Lipinski definition) is 0. The monoisotopic (exact) mass is 973 g/mol. The summed E-state index contributed by atoms with van der Waals surface area (Å²) in [6.07, 6.45) is 13.8. The van der Waals surface area contributed by atoms with Crippen molar-refractivity contribution in [3.8, 4) is 27.9 Å². The lowest BCUT2D eigenvalue weighted by Crippen LogP contribution is -2.30. The van der Waals surface area contributed by atoms with Gasteiger partial charge in [-0.15, -0.1) is 0 Å². The van der Waals surface area contributed by atoms with E-state index in [0.717, 1.165) is 52.5 Å². The van der Waals surface area contributed by atoms with E-state index in [1.54, 1.807) is 13.0 Å². The van der Waals surface area contributed by atoms with Crippen LogP contribution in [0.25, 0.3) is 72.5 Å². The summed E-state index contributed by atoms with van der Waals surface area (Å²) in [4.78, 5) is 4.76. The number of allylic oxidation sites excluding steroid dienone is 5. The largest absolute Gasteiger partial charge is 0.310 e. The van der Waals surface area contributed by atoms with Gasteiger partial charge in [-0.25, -0.2) is 4.39 Å². The van der Waals surface area contributed by atoms with E-state index in [1.807, 2.05) is 26.0 Å². The Morgan fingerprint density at radius 1 is 0.413 bits per heavy atom. The summed E-state index contributed by atoms with van der Waals surface area (Å²) in [5, 5.41) is 8.74. The molecule has 0 aliphatic heterocycles. The lowest BCUT2D eigenvalue weighted by molar-refractivity contribution is 0.671. The van der Waals surface area contributed by atoms with Gasteiger partial charge in [0.1, 0.15) is 5.83 Å². The Morgan fingerprint density at radius 3 is 1.47 bits per heavy atom. The number of nitrogens with zero attached hydrogens (tertiary/aromatic N) is 3. The standard InChI is InChI=1S/C62H45N3.C5H7F.C4H8/c1-3-15-44(16-4-1)47-29-34-53(35-30-47)65-61-28-12-11-27-59(61)60-38-33-51(42-62(60)65)50-21-13-24-54(41-50)64(58-37-32-46-18-8-10-20-49(46)40-58)56-26-14-25-55(43-56)63(52-22-5-2-6-23-52)57-36-31-45-17-7-9-19-48(45)39-57;1-3-4-5(2)6;1-3-4-2/h1-10,13-43H,11-12H2;3-4H,2H2,1H3;3-4H,1-2H3/b;2*4-3-. The third kappa shape index (κ3) is 10.9. The maximum absolute atomic E-state index is 11.4. The fourth-order valence-electron chi connectivity index (χ4n) is 9.97. The molecule has 1 aliphatic rings. The van der Waals surface area contributed by atoms with Gasteiger partial charge in [0, 0.05) is 55.8 Å². The smallest absolute Gasteiger partial charge is 0.115 e. The summed E-state index contributed by atoms with van der Waals surface area (Å²) >= 11 is 0. The van der Waals surface area contributed by atoms with Crippen molar-refractivity contribution >= 4 is 78.7 Å². The van der Waals surface area contributed by atoms with Crippen LogP contribution in [0.1, 0.15) is 33.6 Å². The Morgan fingerprint density at radius 2 is 0.880 bits per heavy atom. The van der Waals surface area contributed by atoms with E-state index in [-0.39, 0.29) is 0 Å². The molecule has 1 aliphatic carbocycles. The molecule has 10 aromatic carbocycles. The van der Waals surface area contributed by atoms with E-state index in [4.69, 9.17) is 0 Å². The molecule has 12 rings (SSSR count). The molecular formula is C71H60FN3. The van der Waals surface area contributed by atoms with Crippen LogP contribution in [0, 0.1) is 0 Å². The lowest BCUT2D eigenvalue weighted by Gasteiger charge is -2.30. The van der Waals surface area contributed by atoms with Gasteiger partial charge in [0.05, 0.1) is 5.52 Å². The molecule has 75 heavy (non-hydrogen) atoms. The number of halogens is 1. The van der Waals surface area contributed by atoms with Crippen LogP contribution in [0.2, 0.25) is 0 Å². The maximum Gasteiger partial charge on any atom is 0.115 e. The molecular weight excluding hydrogens is 914 g/mol. The number of aromatic nitrogens is 1. The number of para-hydroxylation sites is 1. The molecule has 0 amide bonds. The second-order valence-corrected chi connectivity index (χ2v) is 18.5. The Hall–Kier alpha value is -9.25. The SMILES string of the molecule is C/C=C\C.C1=c2c(n(-c3ccc(-c4ccccc4)cc3)c3cc(-c4cccc(N(c5cccc(N(c6ccccc6)c6ccc7ccccc7c6)c5)c5ccc6ccccc6c5)c4)ccc23)=CCC1.C=C(F)/C=C\C. The molecule has 0 N–H and O–H groups in total. The zero-order valence-corrected chi connectivity index (χ0v) is 42.8. The van der Waals surface area contributed by atoms with Crippen molar-refractivity contribution in [1.29, 1.82) is 0 Å². The first-order valence-corrected chi connectivity index (χ1v) is 25.8. The predicted molar refractivity (Wildman–Crippen MR) is 321 cm³/mol. The fourth-order valence-corrected chi connectivity index (χ4v) is 9.97. The molecule has 0 bridgehead atoms. The minimum atomic E-state index is -0.391. The quantitative estimate of drug-likeness (QED) is 0.0999. The van der Waals surface area contributed by atoms with Crippen LogP contribution in [-0.2, 0) is 0 Å². The molecule has 3 nitrogen and oxygen atoms in total. The maximum atomic E-state index is 11.4. The van der Waals surface area contributed by atoms with Crippen LogP contribution >= 0.6 is 0 Å². The first kappa shape index (κ1) is 49.3. The van der Waals surface area contributed by atoms with Gasteiger partial charge >= 0.3 is 0 Å². The van der Waals surface area contributed by atoms with Crippen molar-refractivity contribution in [2.45, 2.75) is 33.6 Å². The summed E-state index contributed by atoms with van der Waals surface area (Å²) in [7, 11) is 0. The third-order valence-corrected chi connectivity index (χ3v) is 13.6. The zero-order chi connectivity index (χ0) is 51.5. The van der Waals surface area contributed by atoms with Crippen molar-refractivity contribution in [3.63, 3.8) is 0 Å². The summed E-state index contributed by atoms with van der Waals surface area (Å²) in [5.74, 6) is -0.391. The van der Waals surface area contributed by atoms with Gasteiger partial charge in [-0.05, 0) is 168 Å². The Kier molecular flexibility index (Phi) is 15.2. The molecule has 0 saturated heterocycles. The first-order chi connectivity index (χ1) is 36.9. The van der Waals surface area contributed by atoms with Crippen molar-refractivity contribution in [3.05, 3.63) is 284 Å². The number of fused-ring (bicyclic) bond motifs is 5. The lowest BCUT2D eigenvalue weighted by atomic mass is 10.0. The van der Waals surface area contributed by atoms with E-state index in [1.165, 1.54) is 71.5 Å². The molecule has 366 valence electrons. The molecule has 0 fully saturated rings. The molecule has 1 aromatic heterocycles. The Bertz CT molecular complexity index is 3960. The van der Waals surface area contributed by atoms with Gasteiger partial charge in [0.15, 0.2) is 0 Å². The highest BCUT2D eigenvalue weighted by molar-refractivity contribution is 5.94. The fraction of sp³-hybridized carbons (Fsp3) is 0.0704. The Labute approximate surface area is 440 Å². The number of benzene rings is 10. The highest BCUT2D eigenvalue weighted by atomic mass is 19.1. The molecule has 1 heterocycles. The molecule has 0 saturated carbocycles. The summed E-state index contributed by atoms with van der Waals surface area (Å²) in [6.45, 7) is 8.73. The molecule has 0 spiro atoms. The number of hydrogen-bond acceptors (Lipinski definition) is 2. The number of rotatable bonds is 10. The molecule has 11 aromatic rings. The first-order valence-electron chi connectivity index (χ1n) is 25.8. The van der Waals surface area contributed by atoms with Crippen LogP contribution in [0.15, 0.2) is 273 Å². The summed E-state index contributed by atoms with van der Waals surface area (Å²) < 4.78 is 13.9. The normalized spacial score (nSPS) is 11.8. The molecule has 0 radical (unpaired) electrons. The van der Waals surface area contributed by atoms with Crippen molar-refractivity contribution in [1.82, 2.24) is 4.57 Å². The average Bonchev–Trinajstić information content (AvgIpc) is 3.80. The molecule has 0 unspecified atom stereocenters. The van der Waals surface area contributed by atoms with Crippen LogP contribution in [-0.4, -0.2) is 4.57 Å². The Balaban J connectivity index is 0.000000589. The third-order valence-electron chi connectivity index (χ3n) is 13.6. The zero-order valence-electron chi connectivity index (χ0n) is 42.8. The number of anilines is 6. The summed E-state index contributed by atoms with van der Waals surface area (Å²) in [5.41, 5.74) is 13.7. The van der Waals surface area contributed by atoms with Gasteiger partial charge < -0.3 is 14.4 Å². The van der Waals surface area contributed by atoms with Crippen molar-refractivity contribution in [2.24, 2.45) is 0 Å². The highest BCUT2D eigenvalue weighted by Gasteiger charge is 2.20. The van der Waals surface area contributed by atoms with Crippen LogP contribution in [0.4, 0.5) is 38.5 Å². The van der Waals surface area contributed by atoms with Crippen LogP contribution < -0.4 is 20.4 Å². The van der Waals surface area contributed by atoms with Crippen molar-refractivity contribution < 1.29 is 4.39 Å². The van der Waals surface area contributed by atoms with Gasteiger partial charge in [-0.3, -0.25) is 0 Å². The van der Waals surface area contributed by atoms with Crippen LogP contribution in [0.3, 0.4) is 0 Å². The highest BCUT2D eigenvalue weighted by Crippen LogP contribution is 2.42. The van der Waals surface area contributed by atoms with Crippen LogP contribution in [0.5, 0.6) is 0 Å².